The zero-order valence-corrected chi connectivity index (χ0v) is 12.2. The van der Waals surface area contributed by atoms with Crippen molar-refractivity contribution in [2.24, 2.45) is 0 Å². The summed E-state index contributed by atoms with van der Waals surface area (Å²) >= 11 is 0. The highest BCUT2D eigenvalue weighted by Gasteiger charge is 2.12. The molecule has 0 fully saturated rings. The molecular formula is C15H24N2O2. The fourth-order valence-corrected chi connectivity index (χ4v) is 1.75. The van der Waals surface area contributed by atoms with Gasteiger partial charge in [0.1, 0.15) is 5.75 Å². The summed E-state index contributed by atoms with van der Waals surface area (Å²) in [5.41, 5.74) is 0.962. The van der Waals surface area contributed by atoms with E-state index < -0.39 is 0 Å². The predicted molar refractivity (Wildman–Crippen MR) is 77.0 cm³/mol. The fourth-order valence-electron chi connectivity index (χ4n) is 1.75. The summed E-state index contributed by atoms with van der Waals surface area (Å²) in [7, 11) is 1.78. The summed E-state index contributed by atoms with van der Waals surface area (Å²) in [6.07, 6.45) is 0.479. The van der Waals surface area contributed by atoms with Crippen molar-refractivity contribution in [2.75, 3.05) is 13.6 Å². The van der Waals surface area contributed by atoms with Crippen LogP contribution in [0.25, 0.3) is 0 Å². The van der Waals surface area contributed by atoms with Crippen LogP contribution in [-0.2, 0) is 11.3 Å². The van der Waals surface area contributed by atoms with Crippen molar-refractivity contribution in [3.8, 4) is 5.75 Å². The van der Waals surface area contributed by atoms with Gasteiger partial charge in [-0.2, -0.15) is 0 Å². The van der Waals surface area contributed by atoms with E-state index in [1.165, 1.54) is 0 Å². The fraction of sp³-hybridized carbons (Fsp3) is 0.533. The number of carbonyl (C=O) groups is 1. The van der Waals surface area contributed by atoms with Crippen LogP contribution in [0.4, 0.5) is 0 Å². The van der Waals surface area contributed by atoms with Crippen LogP contribution in [0.3, 0.4) is 0 Å². The number of benzene rings is 1. The molecule has 4 nitrogen and oxygen atoms in total. The molecule has 0 heterocycles. The Kier molecular flexibility index (Phi) is 5.36. The standard InChI is InChI=1S/C15H24N2O2/c1-15(2,3)16-9-8-14(19)17(4)11-12-6-5-7-13(18)10-12/h5-7,10,16,18H,8-9,11H2,1-4H3. The largest absolute Gasteiger partial charge is 0.508 e. The summed E-state index contributed by atoms with van der Waals surface area (Å²) in [5, 5.41) is 12.7. The van der Waals surface area contributed by atoms with Gasteiger partial charge in [-0.15, -0.1) is 0 Å². The molecule has 2 N–H and O–H groups in total. The SMILES string of the molecule is CN(Cc1cccc(O)c1)C(=O)CCNC(C)(C)C. The number of nitrogens with one attached hydrogen (secondary N) is 1. The first-order valence-electron chi connectivity index (χ1n) is 6.55. The molecule has 0 spiro atoms. The lowest BCUT2D eigenvalue weighted by molar-refractivity contribution is -0.130. The van der Waals surface area contributed by atoms with Crippen LogP contribution in [0.15, 0.2) is 24.3 Å². The molecule has 1 aromatic carbocycles. The van der Waals surface area contributed by atoms with E-state index >= 15 is 0 Å². The second-order valence-electron chi connectivity index (χ2n) is 5.85. The number of rotatable bonds is 5. The molecule has 0 aliphatic carbocycles. The highest BCUT2D eigenvalue weighted by Crippen LogP contribution is 2.12. The van der Waals surface area contributed by atoms with Gasteiger partial charge >= 0.3 is 0 Å². The van der Waals surface area contributed by atoms with Gasteiger partial charge in [0.05, 0.1) is 0 Å². The van der Waals surface area contributed by atoms with Gasteiger partial charge in [0, 0.05) is 32.1 Å². The maximum absolute atomic E-state index is 11.9. The quantitative estimate of drug-likeness (QED) is 0.856. The Hall–Kier alpha value is -1.55. The summed E-state index contributed by atoms with van der Waals surface area (Å²) < 4.78 is 0. The molecule has 0 atom stereocenters. The molecule has 0 saturated heterocycles. The van der Waals surface area contributed by atoms with E-state index in [1.54, 1.807) is 30.1 Å². The predicted octanol–water partition coefficient (Wildman–Crippen LogP) is 2.13. The number of phenolic OH excluding ortho intramolecular Hbond substituents is 1. The summed E-state index contributed by atoms with van der Waals surface area (Å²) in [5.74, 6) is 0.327. The summed E-state index contributed by atoms with van der Waals surface area (Å²) in [6.45, 7) is 7.42. The van der Waals surface area contributed by atoms with Crippen LogP contribution in [-0.4, -0.2) is 35.0 Å². The van der Waals surface area contributed by atoms with Crippen LogP contribution in [0.1, 0.15) is 32.8 Å². The minimum absolute atomic E-state index is 0.0318. The second kappa shape index (κ2) is 6.57. The highest BCUT2D eigenvalue weighted by atomic mass is 16.3. The van der Waals surface area contributed by atoms with Crippen LogP contribution >= 0.6 is 0 Å². The zero-order valence-electron chi connectivity index (χ0n) is 12.2. The monoisotopic (exact) mass is 264 g/mol. The van der Waals surface area contributed by atoms with Gasteiger partial charge < -0.3 is 15.3 Å². The van der Waals surface area contributed by atoms with Gasteiger partial charge in [-0.05, 0) is 38.5 Å². The van der Waals surface area contributed by atoms with Crippen molar-refractivity contribution in [3.63, 3.8) is 0 Å². The Morgan fingerprint density at radius 2 is 2.05 bits per heavy atom. The Morgan fingerprint density at radius 3 is 2.63 bits per heavy atom. The third kappa shape index (κ3) is 6.25. The topological polar surface area (TPSA) is 52.6 Å². The van der Waals surface area contributed by atoms with Crippen LogP contribution < -0.4 is 5.32 Å². The van der Waals surface area contributed by atoms with Crippen molar-refractivity contribution < 1.29 is 9.90 Å². The van der Waals surface area contributed by atoms with Gasteiger partial charge in [-0.1, -0.05) is 12.1 Å². The highest BCUT2D eigenvalue weighted by molar-refractivity contribution is 5.76. The van der Waals surface area contributed by atoms with Gasteiger partial charge in [-0.25, -0.2) is 0 Å². The Bertz CT molecular complexity index is 424. The van der Waals surface area contributed by atoms with Crippen molar-refractivity contribution in [3.05, 3.63) is 29.8 Å². The third-order valence-electron chi connectivity index (χ3n) is 2.75. The third-order valence-corrected chi connectivity index (χ3v) is 2.75. The number of aromatic hydroxyl groups is 1. The molecule has 0 bridgehead atoms. The van der Waals surface area contributed by atoms with E-state index in [4.69, 9.17) is 0 Å². The van der Waals surface area contributed by atoms with Gasteiger partial charge in [0.25, 0.3) is 0 Å². The first-order chi connectivity index (χ1) is 8.78. The molecule has 0 unspecified atom stereocenters. The molecule has 1 aromatic rings. The van der Waals surface area contributed by atoms with E-state index in [0.29, 0.717) is 19.5 Å². The van der Waals surface area contributed by atoms with E-state index in [0.717, 1.165) is 5.56 Å². The molecule has 19 heavy (non-hydrogen) atoms. The van der Waals surface area contributed by atoms with Crippen molar-refractivity contribution in [2.45, 2.75) is 39.3 Å². The molecule has 0 aromatic heterocycles. The Balaban J connectivity index is 2.41. The Morgan fingerprint density at radius 1 is 1.37 bits per heavy atom. The normalized spacial score (nSPS) is 11.4. The lowest BCUT2D eigenvalue weighted by atomic mass is 10.1. The van der Waals surface area contributed by atoms with Crippen molar-refractivity contribution in [1.29, 1.82) is 0 Å². The molecule has 0 aliphatic rings. The number of phenols is 1. The Labute approximate surface area is 115 Å². The van der Waals surface area contributed by atoms with Crippen molar-refractivity contribution >= 4 is 5.91 Å². The number of hydrogen-bond donors (Lipinski definition) is 2. The van der Waals surface area contributed by atoms with Gasteiger partial charge in [0.15, 0.2) is 0 Å². The zero-order chi connectivity index (χ0) is 14.5. The second-order valence-corrected chi connectivity index (χ2v) is 5.85. The van der Waals surface area contributed by atoms with Crippen LogP contribution in [0.2, 0.25) is 0 Å². The first kappa shape index (κ1) is 15.5. The molecule has 0 aliphatic heterocycles. The maximum atomic E-state index is 11.9. The summed E-state index contributed by atoms with van der Waals surface area (Å²) in [4.78, 5) is 13.6. The molecule has 4 heteroatoms. The van der Waals surface area contributed by atoms with Crippen LogP contribution in [0.5, 0.6) is 5.75 Å². The minimum atomic E-state index is 0.0318. The van der Waals surface area contributed by atoms with Crippen LogP contribution in [0, 0.1) is 0 Å². The lowest BCUT2D eigenvalue weighted by Crippen LogP contribution is -2.38. The van der Waals surface area contributed by atoms with Gasteiger partial charge in [-0.3, -0.25) is 4.79 Å². The maximum Gasteiger partial charge on any atom is 0.223 e. The van der Waals surface area contributed by atoms with E-state index in [1.807, 2.05) is 6.07 Å². The minimum Gasteiger partial charge on any atom is -0.508 e. The molecule has 1 amide bonds. The number of amides is 1. The van der Waals surface area contributed by atoms with Crippen molar-refractivity contribution in [1.82, 2.24) is 10.2 Å². The molecule has 0 radical (unpaired) electrons. The van der Waals surface area contributed by atoms with E-state index in [2.05, 4.69) is 26.1 Å². The first-order valence-corrected chi connectivity index (χ1v) is 6.55. The van der Waals surface area contributed by atoms with E-state index in [-0.39, 0.29) is 17.2 Å². The molecule has 106 valence electrons. The van der Waals surface area contributed by atoms with E-state index in [9.17, 15) is 9.90 Å². The average Bonchev–Trinajstić information content (AvgIpc) is 2.27. The number of carbonyl (C=O) groups excluding carboxylic acids is 1. The number of hydrogen-bond acceptors (Lipinski definition) is 3. The molecular weight excluding hydrogens is 240 g/mol. The number of nitrogens with zero attached hydrogens (tertiary/aromatic N) is 1. The molecule has 1 rings (SSSR count). The lowest BCUT2D eigenvalue weighted by Gasteiger charge is -2.22. The van der Waals surface area contributed by atoms with Gasteiger partial charge in [0.2, 0.25) is 5.91 Å². The summed E-state index contributed by atoms with van der Waals surface area (Å²) in [6, 6.07) is 6.98. The smallest absolute Gasteiger partial charge is 0.223 e. The average molecular weight is 264 g/mol. The molecule has 0 saturated carbocycles.